The molecule has 4 aromatic rings. The Morgan fingerprint density at radius 3 is 1.50 bits per heavy atom. The third kappa shape index (κ3) is 22.7. The molecular formula is C76H93N9O22. The fourth-order valence-corrected chi connectivity index (χ4v) is 11.9. The maximum absolute atomic E-state index is 14.2. The van der Waals surface area contributed by atoms with E-state index >= 15 is 0 Å². The van der Waals surface area contributed by atoms with Gasteiger partial charge < -0.3 is 97.4 Å². The van der Waals surface area contributed by atoms with Crippen LogP contribution in [0.4, 0.5) is 17.1 Å². The highest BCUT2D eigenvalue weighted by atomic mass is 16.7. The van der Waals surface area contributed by atoms with E-state index in [1.54, 1.807) is 79.4 Å². The zero-order valence-corrected chi connectivity index (χ0v) is 60.8. The van der Waals surface area contributed by atoms with Gasteiger partial charge in [0.25, 0.3) is 23.6 Å². The number of hydrogen-bond donors (Lipinski definition) is 4. The minimum atomic E-state index is -0.945. The molecule has 4 atom stereocenters. The zero-order valence-electron chi connectivity index (χ0n) is 60.8. The number of amides is 8. The molecule has 6 heterocycles. The van der Waals surface area contributed by atoms with Crippen molar-refractivity contribution in [3.63, 3.8) is 0 Å². The summed E-state index contributed by atoms with van der Waals surface area (Å²) in [7, 11) is 3.02. The van der Waals surface area contributed by atoms with Gasteiger partial charge >= 0.3 is 0 Å². The third-order valence-corrected chi connectivity index (χ3v) is 17.6. The number of nitrogens with zero attached hydrogens (tertiary/aromatic N) is 5. The van der Waals surface area contributed by atoms with Crippen LogP contribution in [0.3, 0.4) is 0 Å². The van der Waals surface area contributed by atoms with Gasteiger partial charge in [-0.3, -0.25) is 53.2 Å². The molecule has 107 heavy (non-hydrogen) atoms. The average Bonchev–Trinajstić information content (AvgIpc) is 1.64. The van der Waals surface area contributed by atoms with Crippen LogP contribution in [-0.2, 0) is 66.7 Å². The third-order valence-electron chi connectivity index (χ3n) is 17.6. The number of methoxy groups -OCH3 is 2. The Morgan fingerprint density at radius 1 is 0.514 bits per heavy atom. The standard InChI is InChI=1S/C76H93N9O22/c1-49(2)72(82-69(87)16-21-96-23-25-98-27-29-100-31-33-102-35-36-103-34-32-101-30-28-99-26-24-97-22-17-77-68(86)15-18-83-70(88)13-14-71(83)89)74(91)80-50(3)73(90)81-55-10-7-51(8-11-55)53-37-56-44-78-60-42-66(63(94-4)40-58(60)75(92)84(56)46-53)104-19-6-20-105-67-43-61-59(41-64(67)95-5)76(93)85-47-54(38-57(85)45-79-61)52-9-12-62-65(39-52)107-48-106-62/h7-14,39-47,49-50,56-57,72H,6,15-38,48H2,1-5H3,(H,77,86)(H,80,91)(H,81,90)(H,82,87)/t50-,56-,57?,72?/m0/s1. The van der Waals surface area contributed by atoms with Gasteiger partial charge in [-0.1, -0.05) is 32.0 Å². The van der Waals surface area contributed by atoms with Gasteiger partial charge in [0.2, 0.25) is 30.4 Å². The van der Waals surface area contributed by atoms with Gasteiger partial charge in [-0.25, -0.2) is 0 Å². The Labute approximate surface area is 620 Å². The number of fused-ring (bicyclic) bond motifs is 5. The predicted octanol–water partition coefficient (Wildman–Crippen LogP) is 5.76. The molecule has 2 unspecified atom stereocenters. The lowest BCUT2D eigenvalue weighted by Gasteiger charge is -2.24. The van der Waals surface area contributed by atoms with Crippen molar-refractivity contribution in [3.05, 3.63) is 114 Å². The summed E-state index contributed by atoms with van der Waals surface area (Å²) in [5.74, 6) is -0.287. The van der Waals surface area contributed by atoms with Gasteiger partial charge in [0.15, 0.2) is 34.5 Å². The first kappa shape index (κ1) is 79.4. The number of hydrogen-bond acceptors (Lipinski definition) is 24. The van der Waals surface area contributed by atoms with Crippen LogP contribution in [0, 0.1) is 5.92 Å². The van der Waals surface area contributed by atoms with Crippen LogP contribution in [0.5, 0.6) is 34.5 Å². The van der Waals surface area contributed by atoms with Crippen LogP contribution < -0.4 is 49.7 Å². The summed E-state index contributed by atoms with van der Waals surface area (Å²) in [5.41, 5.74) is 5.76. The van der Waals surface area contributed by atoms with E-state index in [0.717, 1.165) is 27.2 Å². The van der Waals surface area contributed by atoms with Crippen LogP contribution in [0.2, 0.25) is 0 Å². The van der Waals surface area contributed by atoms with Gasteiger partial charge in [0.1, 0.15) is 12.1 Å². The first-order valence-electron chi connectivity index (χ1n) is 35.7. The van der Waals surface area contributed by atoms with Crippen molar-refractivity contribution in [2.45, 2.75) is 77.0 Å². The molecule has 31 nitrogen and oxygen atoms in total. The smallest absolute Gasteiger partial charge is 0.260 e. The quantitative estimate of drug-likeness (QED) is 0.0302. The number of ether oxygens (including phenoxy) is 14. The van der Waals surface area contributed by atoms with E-state index < -0.39 is 35.7 Å². The molecule has 0 saturated heterocycles. The molecule has 0 saturated carbocycles. The first-order chi connectivity index (χ1) is 52.0. The molecule has 31 heteroatoms. The lowest BCUT2D eigenvalue weighted by atomic mass is 10.0. The minimum absolute atomic E-state index is 0.0104. The Hall–Kier alpha value is -10.1. The number of anilines is 1. The number of imide groups is 1. The van der Waals surface area contributed by atoms with Crippen molar-refractivity contribution in [1.29, 1.82) is 0 Å². The summed E-state index contributed by atoms with van der Waals surface area (Å²) in [6.45, 7) is 11.7. The van der Waals surface area contributed by atoms with E-state index in [1.807, 2.05) is 42.7 Å². The van der Waals surface area contributed by atoms with Crippen molar-refractivity contribution in [2.75, 3.05) is 158 Å². The van der Waals surface area contributed by atoms with Crippen molar-refractivity contribution < 1.29 is 105 Å². The van der Waals surface area contributed by atoms with Crippen molar-refractivity contribution >= 4 is 87.9 Å². The molecule has 0 radical (unpaired) electrons. The molecule has 6 aliphatic heterocycles. The summed E-state index contributed by atoms with van der Waals surface area (Å²) in [6, 6.07) is 17.1. The van der Waals surface area contributed by atoms with E-state index in [1.165, 1.54) is 26.4 Å². The maximum Gasteiger partial charge on any atom is 0.260 e. The zero-order chi connectivity index (χ0) is 75.4. The van der Waals surface area contributed by atoms with Gasteiger partial charge in [-0.05, 0) is 71.5 Å². The first-order valence-corrected chi connectivity index (χ1v) is 35.7. The maximum atomic E-state index is 14.2. The van der Waals surface area contributed by atoms with Crippen molar-refractivity contribution in [1.82, 2.24) is 30.7 Å². The fraction of sp³-hybridized carbons (Fsp3) is 0.474. The van der Waals surface area contributed by atoms with Gasteiger partial charge in [0, 0.05) is 100.0 Å². The molecule has 6 aliphatic rings. The highest BCUT2D eigenvalue weighted by molar-refractivity contribution is 6.13. The number of rotatable bonds is 46. The molecule has 0 bridgehead atoms. The Bertz CT molecular complexity index is 3920. The molecule has 4 N–H and O–H groups in total. The lowest BCUT2D eigenvalue weighted by Crippen LogP contribution is -2.53. The molecule has 0 aromatic heterocycles. The fourth-order valence-electron chi connectivity index (χ4n) is 11.9. The largest absolute Gasteiger partial charge is 0.493 e. The number of aliphatic imine (C=N–C) groups is 2. The second-order valence-corrected chi connectivity index (χ2v) is 25.5. The van der Waals surface area contributed by atoms with Crippen LogP contribution in [0.25, 0.3) is 11.1 Å². The van der Waals surface area contributed by atoms with Crippen LogP contribution in [0.15, 0.2) is 101 Å². The minimum Gasteiger partial charge on any atom is -0.493 e. The lowest BCUT2D eigenvalue weighted by molar-refractivity contribution is -0.137. The number of carbonyl (C=O) groups excluding carboxylic acids is 8. The van der Waals surface area contributed by atoms with Gasteiger partial charge in [-0.2, -0.15) is 0 Å². The molecule has 574 valence electrons. The van der Waals surface area contributed by atoms with E-state index in [9.17, 15) is 38.4 Å². The summed E-state index contributed by atoms with van der Waals surface area (Å²) < 4.78 is 78.9. The van der Waals surface area contributed by atoms with E-state index in [2.05, 4.69) is 21.3 Å². The van der Waals surface area contributed by atoms with E-state index in [-0.39, 0.29) is 94.2 Å². The Morgan fingerprint density at radius 2 is 0.991 bits per heavy atom. The van der Waals surface area contributed by atoms with Crippen LogP contribution in [-0.4, -0.2) is 252 Å². The van der Waals surface area contributed by atoms with Crippen LogP contribution >= 0.6 is 0 Å². The highest BCUT2D eigenvalue weighted by Gasteiger charge is 2.36. The number of carbonyl (C=O) groups is 8. The SMILES string of the molecule is COc1cc2c(cc1OCCCOc1cc3c(cc1OC)C(=O)N1C=C(c4ccc(NC(=O)[C@H](C)NC(=O)C(NC(=O)CCOCCOCCOCCOCCOCCOCCOCCOCCNC(=O)CCN5C(=O)C=CC5=O)C(C)C)cc4)C[C@H]1C=N3)N=CC1CC(c3ccc4c(c3)OCO4)=CN1C2=O. The Kier molecular flexibility index (Phi) is 30.1. The molecule has 0 fully saturated rings. The second kappa shape index (κ2) is 40.6. The molecule has 0 spiro atoms. The van der Waals surface area contributed by atoms with Crippen LogP contribution in [0.1, 0.15) is 84.7 Å². The van der Waals surface area contributed by atoms with Gasteiger partial charge in [0.05, 0.1) is 168 Å². The van der Waals surface area contributed by atoms with E-state index in [0.29, 0.717) is 181 Å². The molecule has 10 rings (SSSR count). The summed E-state index contributed by atoms with van der Waals surface area (Å²) in [5, 5.41) is 11.0. The number of benzene rings is 4. The summed E-state index contributed by atoms with van der Waals surface area (Å²) in [6.07, 6.45) is 11.1. The molecule has 4 aromatic carbocycles. The molecular weight excluding hydrogens is 1390 g/mol. The second-order valence-electron chi connectivity index (χ2n) is 25.5. The van der Waals surface area contributed by atoms with E-state index in [4.69, 9.17) is 76.3 Å². The average molecular weight is 1480 g/mol. The molecule has 0 aliphatic carbocycles. The summed E-state index contributed by atoms with van der Waals surface area (Å²) in [4.78, 5) is 117. The van der Waals surface area contributed by atoms with Crippen molar-refractivity contribution in [3.8, 4) is 34.5 Å². The number of nitrogens with one attached hydrogen (secondary N) is 4. The normalized spacial score (nSPS) is 16.5. The van der Waals surface area contributed by atoms with Crippen molar-refractivity contribution in [2.24, 2.45) is 15.9 Å². The molecule has 8 amide bonds. The summed E-state index contributed by atoms with van der Waals surface area (Å²) >= 11 is 0. The Balaban J connectivity index is 0.539. The monoisotopic (exact) mass is 1480 g/mol. The topological polar surface area (TPSA) is 348 Å². The van der Waals surface area contributed by atoms with Gasteiger partial charge in [-0.15, -0.1) is 0 Å². The highest BCUT2D eigenvalue weighted by Crippen LogP contribution is 2.43. The predicted molar refractivity (Wildman–Crippen MR) is 390 cm³/mol.